The third-order valence-electron chi connectivity index (χ3n) is 3.12. The van der Waals surface area contributed by atoms with Crippen LogP contribution in [0.3, 0.4) is 0 Å². The smallest absolute Gasteiger partial charge is 0.325 e. The van der Waals surface area contributed by atoms with Crippen molar-refractivity contribution in [1.82, 2.24) is 5.32 Å². The van der Waals surface area contributed by atoms with Crippen molar-refractivity contribution in [3.8, 4) is 5.75 Å². The molecule has 2 rings (SSSR count). The molecule has 0 saturated heterocycles. The Kier molecular flexibility index (Phi) is 6.86. The van der Waals surface area contributed by atoms with Gasteiger partial charge < -0.3 is 14.8 Å². The van der Waals surface area contributed by atoms with Crippen LogP contribution in [0.25, 0.3) is 0 Å². The molecule has 0 unspecified atom stereocenters. The second kappa shape index (κ2) is 8.89. The molecule has 0 aliphatic carbocycles. The number of esters is 1. The van der Waals surface area contributed by atoms with E-state index in [2.05, 4.69) is 5.32 Å². The number of carbonyl (C=O) groups is 2. The van der Waals surface area contributed by atoms with Crippen LogP contribution in [0.4, 0.5) is 0 Å². The first-order valence-electron chi connectivity index (χ1n) is 7.02. The topological polar surface area (TPSA) is 64.6 Å². The van der Waals surface area contributed by atoms with Crippen LogP contribution in [0.2, 0.25) is 5.02 Å². The minimum atomic E-state index is -0.525. The molecular formula is C17H15ClINO4. The van der Waals surface area contributed by atoms with Crippen molar-refractivity contribution in [2.75, 3.05) is 13.7 Å². The van der Waals surface area contributed by atoms with Crippen molar-refractivity contribution in [1.29, 1.82) is 0 Å². The highest BCUT2D eigenvalue weighted by atomic mass is 127. The van der Waals surface area contributed by atoms with Crippen molar-refractivity contribution in [2.24, 2.45) is 0 Å². The molecule has 5 nitrogen and oxygen atoms in total. The van der Waals surface area contributed by atoms with Crippen molar-refractivity contribution in [2.45, 2.75) is 6.61 Å². The van der Waals surface area contributed by atoms with Gasteiger partial charge in [0.15, 0.2) is 0 Å². The number of methoxy groups -OCH3 is 1. The van der Waals surface area contributed by atoms with Crippen molar-refractivity contribution in [3.63, 3.8) is 0 Å². The van der Waals surface area contributed by atoms with Crippen LogP contribution in [0.1, 0.15) is 15.9 Å². The molecule has 0 saturated carbocycles. The Morgan fingerprint density at radius 1 is 1.21 bits per heavy atom. The highest BCUT2D eigenvalue weighted by Crippen LogP contribution is 2.28. The van der Waals surface area contributed by atoms with E-state index in [9.17, 15) is 9.59 Å². The van der Waals surface area contributed by atoms with E-state index in [1.807, 2.05) is 52.9 Å². The summed E-state index contributed by atoms with van der Waals surface area (Å²) in [5, 5.41) is 2.94. The molecule has 0 spiro atoms. The Morgan fingerprint density at radius 3 is 2.58 bits per heavy atom. The molecule has 0 aromatic heterocycles. The molecule has 2 aromatic carbocycles. The van der Waals surface area contributed by atoms with Gasteiger partial charge in [0.2, 0.25) is 0 Å². The largest absolute Gasteiger partial charge is 0.496 e. The average molecular weight is 460 g/mol. The molecule has 0 aliphatic heterocycles. The minimum Gasteiger partial charge on any atom is -0.496 e. The van der Waals surface area contributed by atoms with Crippen LogP contribution in [0.15, 0.2) is 42.5 Å². The summed E-state index contributed by atoms with van der Waals surface area (Å²) in [6, 6.07) is 12.5. The van der Waals surface area contributed by atoms with Gasteiger partial charge in [-0.15, -0.1) is 0 Å². The number of amides is 1. The minimum absolute atomic E-state index is 0.161. The first-order valence-corrected chi connectivity index (χ1v) is 8.47. The first-order chi connectivity index (χ1) is 11.5. The third kappa shape index (κ3) is 5.10. The molecule has 0 atom stereocenters. The molecule has 1 N–H and O–H groups in total. The Bertz CT molecular complexity index is 737. The first kappa shape index (κ1) is 18.5. The van der Waals surface area contributed by atoms with E-state index in [0.717, 1.165) is 9.13 Å². The summed E-state index contributed by atoms with van der Waals surface area (Å²) >= 11 is 8.08. The van der Waals surface area contributed by atoms with Crippen LogP contribution in [-0.2, 0) is 16.1 Å². The number of halogens is 2. The summed E-state index contributed by atoms with van der Waals surface area (Å²) in [6.07, 6.45) is 0. The molecule has 0 bridgehead atoms. The van der Waals surface area contributed by atoms with Gasteiger partial charge in [0.1, 0.15) is 18.9 Å². The van der Waals surface area contributed by atoms with Crippen molar-refractivity contribution >= 4 is 46.1 Å². The predicted molar refractivity (Wildman–Crippen MR) is 99.3 cm³/mol. The van der Waals surface area contributed by atoms with Gasteiger partial charge >= 0.3 is 5.97 Å². The SMILES string of the molecule is COc1cc(I)c(Cl)cc1C(=O)NCC(=O)OCc1ccccc1. The van der Waals surface area contributed by atoms with Gasteiger partial charge in [-0.2, -0.15) is 0 Å². The fourth-order valence-corrected chi connectivity index (χ4v) is 2.51. The standard InChI is InChI=1S/C17H15ClINO4/c1-23-15-8-14(19)13(18)7-12(15)17(22)20-9-16(21)24-10-11-5-3-2-4-6-11/h2-8H,9-10H2,1H3,(H,20,22). The summed E-state index contributed by atoms with van der Waals surface area (Å²) in [6.45, 7) is -0.0767. The van der Waals surface area contributed by atoms with E-state index < -0.39 is 11.9 Å². The highest BCUT2D eigenvalue weighted by Gasteiger charge is 2.16. The monoisotopic (exact) mass is 459 g/mol. The molecule has 0 fully saturated rings. The number of rotatable bonds is 6. The normalized spacial score (nSPS) is 10.1. The van der Waals surface area contributed by atoms with E-state index >= 15 is 0 Å². The molecule has 0 radical (unpaired) electrons. The number of nitrogens with one attached hydrogen (secondary N) is 1. The summed E-state index contributed by atoms with van der Waals surface area (Å²) in [5.41, 5.74) is 1.14. The van der Waals surface area contributed by atoms with E-state index in [4.69, 9.17) is 21.1 Å². The molecule has 7 heteroatoms. The lowest BCUT2D eigenvalue weighted by molar-refractivity contribution is -0.143. The van der Waals surface area contributed by atoms with Crippen molar-refractivity contribution < 1.29 is 19.1 Å². The quantitative estimate of drug-likeness (QED) is 0.531. The molecular weight excluding hydrogens is 445 g/mol. The van der Waals surface area contributed by atoms with Crippen LogP contribution in [0.5, 0.6) is 5.75 Å². The van der Waals surface area contributed by atoms with Crippen LogP contribution >= 0.6 is 34.2 Å². The zero-order chi connectivity index (χ0) is 17.5. The van der Waals surface area contributed by atoms with Crippen LogP contribution in [0, 0.1) is 3.57 Å². The number of ether oxygens (including phenoxy) is 2. The number of hydrogen-bond acceptors (Lipinski definition) is 4. The summed E-state index contributed by atoms with van der Waals surface area (Å²) in [7, 11) is 1.46. The summed E-state index contributed by atoms with van der Waals surface area (Å²) < 4.78 is 11.0. The van der Waals surface area contributed by atoms with Gasteiger partial charge in [0.05, 0.1) is 17.7 Å². The maximum atomic E-state index is 12.2. The third-order valence-corrected chi connectivity index (χ3v) is 4.65. The molecule has 126 valence electrons. The lowest BCUT2D eigenvalue weighted by atomic mass is 10.2. The summed E-state index contributed by atoms with van der Waals surface area (Å²) in [4.78, 5) is 23.9. The van der Waals surface area contributed by atoms with E-state index in [1.165, 1.54) is 13.2 Å². The molecule has 0 aliphatic rings. The number of carbonyl (C=O) groups excluding carboxylic acids is 2. The Balaban J connectivity index is 1.91. The lowest BCUT2D eigenvalue weighted by Crippen LogP contribution is -2.30. The Labute approximate surface area is 158 Å². The Hall–Kier alpha value is -1.80. The molecule has 24 heavy (non-hydrogen) atoms. The highest BCUT2D eigenvalue weighted by molar-refractivity contribution is 14.1. The Morgan fingerprint density at radius 2 is 1.92 bits per heavy atom. The number of benzene rings is 2. The predicted octanol–water partition coefficient (Wildman–Crippen LogP) is 3.43. The van der Waals surface area contributed by atoms with E-state index in [-0.39, 0.29) is 18.7 Å². The maximum absolute atomic E-state index is 12.2. The number of hydrogen-bond donors (Lipinski definition) is 1. The van der Waals surface area contributed by atoms with E-state index in [1.54, 1.807) is 6.07 Å². The van der Waals surface area contributed by atoms with Gasteiger partial charge in [-0.25, -0.2) is 0 Å². The van der Waals surface area contributed by atoms with Gasteiger partial charge in [0, 0.05) is 3.57 Å². The maximum Gasteiger partial charge on any atom is 0.325 e. The molecule has 2 aromatic rings. The average Bonchev–Trinajstić information content (AvgIpc) is 2.60. The fourth-order valence-electron chi connectivity index (χ4n) is 1.91. The van der Waals surface area contributed by atoms with Crippen LogP contribution < -0.4 is 10.1 Å². The van der Waals surface area contributed by atoms with Crippen LogP contribution in [-0.4, -0.2) is 25.5 Å². The zero-order valence-electron chi connectivity index (χ0n) is 12.8. The van der Waals surface area contributed by atoms with Gasteiger partial charge in [-0.05, 0) is 40.3 Å². The second-order valence-electron chi connectivity index (χ2n) is 4.80. The van der Waals surface area contributed by atoms with Crippen molar-refractivity contribution in [3.05, 3.63) is 62.2 Å². The van der Waals surface area contributed by atoms with Gasteiger partial charge in [0.25, 0.3) is 5.91 Å². The van der Waals surface area contributed by atoms with Gasteiger partial charge in [-0.3, -0.25) is 9.59 Å². The zero-order valence-corrected chi connectivity index (χ0v) is 15.8. The second-order valence-corrected chi connectivity index (χ2v) is 6.36. The molecule has 1 amide bonds. The van der Waals surface area contributed by atoms with E-state index in [0.29, 0.717) is 10.8 Å². The molecule has 0 heterocycles. The summed E-state index contributed by atoms with van der Waals surface area (Å²) in [5.74, 6) is -0.594. The fraction of sp³-hybridized carbons (Fsp3) is 0.176. The van der Waals surface area contributed by atoms with Gasteiger partial charge in [-0.1, -0.05) is 41.9 Å². The lowest BCUT2D eigenvalue weighted by Gasteiger charge is -2.11.